The number of anilines is 2. The first-order valence-corrected chi connectivity index (χ1v) is 26.6. The van der Waals surface area contributed by atoms with Crippen LogP contribution >= 0.6 is 0 Å². The number of amides is 1. The highest BCUT2D eigenvalue weighted by molar-refractivity contribution is 5.83. The Morgan fingerprint density at radius 3 is 2.10 bits per heavy atom. The summed E-state index contributed by atoms with van der Waals surface area (Å²) >= 11 is 0. The molecule has 2 N–H and O–H groups in total. The molecule has 1 amide bonds. The van der Waals surface area contributed by atoms with Crippen LogP contribution in [0.25, 0.3) is 16.8 Å². The first-order valence-electron chi connectivity index (χ1n) is 26.6. The van der Waals surface area contributed by atoms with Crippen molar-refractivity contribution in [1.82, 2.24) is 34.4 Å². The van der Waals surface area contributed by atoms with Gasteiger partial charge in [-0.05, 0) is 122 Å². The molecular formula is C59H67F2N9O10. The zero-order valence-corrected chi connectivity index (χ0v) is 45.9. The largest absolute Gasteiger partial charge is 0.493 e. The molecule has 19 nitrogen and oxygen atoms in total. The number of halogens is 2. The van der Waals surface area contributed by atoms with Gasteiger partial charge in [-0.25, -0.2) is 32.5 Å². The van der Waals surface area contributed by atoms with Gasteiger partial charge in [-0.2, -0.15) is 10.2 Å². The highest BCUT2D eigenvalue weighted by Gasteiger charge is 2.45. The van der Waals surface area contributed by atoms with Crippen LogP contribution in [0.1, 0.15) is 68.8 Å². The van der Waals surface area contributed by atoms with Gasteiger partial charge in [0.2, 0.25) is 17.1 Å². The molecule has 2 aromatic heterocycles. The van der Waals surface area contributed by atoms with Crippen molar-refractivity contribution < 1.29 is 47.1 Å². The van der Waals surface area contributed by atoms with Crippen molar-refractivity contribution in [2.45, 2.75) is 76.8 Å². The van der Waals surface area contributed by atoms with E-state index in [1.165, 1.54) is 54.1 Å². The quantitative estimate of drug-likeness (QED) is 0.0911. The van der Waals surface area contributed by atoms with E-state index in [1.807, 2.05) is 55.5 Å². The number of hydrogen-bond donors (Lipinski definition) is 2. The van der Waals surface area contributed by atoms with E-state index in [9.17, 15) is 28.3 Å². The molecule has 5 atom stereocenters. The third-order valence-electron chi connectivity index (χ3n) is 15.1. The molecule has 5 aromatic carbocycles. The average Bonchev–Trinajstić information content (AvgIpc) is 4.31. The fraction of sp³-hybridized carbons (Fsp3) is 0.390. The third-order valence-corrected chi connectivity index (χ3v) is 15.1. The van der Waals surface area contributed by atoms with Crippen LogP contribution in [0.4, 0.5) is 20.2 Å². The summed E-state index contributed by atoms with van der Waals surface area (Å²) in [6.45, 7) is 9.43. The van der Waals surface area contributed by atoms with Crippen molar-refractivity contribution in [2.24, 2.45) is 5.92 Å². The number of nitrogens with zero attached hydrogens (tertiary/aromatic N) is 8. The number of rotatable bonds is 17. The normalized spacial score (nSPS) is 18.4. The molecule has 10 rings (SSSR count). The Hall–Kier alpha value is -8.30. The number of benzene rings is 4. The summed E-state index contributed by atoms with van der Waals surface area (Å²) in [6, 6.07) is 25.7. The van der Waals surface area contributed by atoms with E-state index in [1.54, 1.807) is 45.3 Å². The Balaban J connectivity index is 0.000000226. The number of fused-ring (bicyclic) bond motifs is 3. The Kier molecular flexibility index (Phi) is 17.5. The number of aliphatic hydroxyl groups excluding tert-OH is 1. The molecule has 4 heterocycles. The van der Waals surface area contributed by atoms with Crippen molar-refractivity contribution in [3.05, 3.63) is 159 Å². The number of aryl methyl sites for hydroxylation is 1. The summed E-state index contributed by atoms with van der Waals surface area (Å²) in [5.41, 5.74) is 4.94. The average molecular weight is 1100 g/mol. The maximum atomic E-state index is 15.0. The number of methoxy groups -OCH3 is 4. The molecule has 80 heavy (non-hydrogen) atoms. The van der Waals surface area contributed by atoms with Crippen LogP contribution in [-0.4, -0.2) is 114 Å². The Morgan fingerprint density at radius 1 is 0.825 bits per heavy atom. The molecule has 3 aliphatic rings. The molecular weight excluding hydrogens is 1030 g/mol. The minimum Gasteiger partial charge on any atom is -0.493 e. The van der Waals surface area contributed by atoms with Crippen LogP contribution < -0.4 is 49.9 Å². The number of nitrogens with one attached hydrogen (secondary N) is 1. The monoisotopic (exact) mass is 1100 g/mol. The van der Waals surface area contributed by atoms with Gasteiger partial charge in [-0.1, -0.05) is 19.1 Å². The lowest BCUT2D eigenvalue weighted by Gasteiger charge is -2.37. The molecule has 0 radical (unpaired) electrons. The summed E-state index contributed by atoms with van der Waals surface area (Å²) in [7, 11) is 6.14. The summed E-state index contributed by atoms with van der Waals surface area (Å²) in [6.07, 6.45) is 6.15. The lowest BCUT2D eigenvalue weighted by atomic mass is 9.87. The molecule has 7 aromatic rings. The van der Waals surface area contributed by atoms with Crippen molar-refractivity contribution in [3.8, 4) is 45.6 Å². The second kappa shape index (κ2) is 24.8. The molecule has 21 heteroatoms. The number of piperazine rings is 1. The van der Waals surface area contributed by atoms with Gasteiger partial charge in [0, 0.05) is 67.6 Å². The van der Waals surface area contributed by atoms with E-state index in [0.717, 1.165) is 71.7 Å². The zero-order valence-electron chi connectivity index (χ0n) is 45.9. The van der Waals surface area contributed by atoms with Crippen molar-refractivity contribution in [1.29, 1.82) is 0 Å². The minimum atomic E-state index is -1.02. The van der Waals surface area contributed by atoms with Gasteiger partial charge in [0.1, 0.15) is 42.0 Å². The second-order valence-electron chi connectivity index (χ2n) is 20.1. The number of hydrogen-bond acceptors (Lipinski definition) is 15. The van der Waals surface area contributed by atoms with Gasteiger partial charge in [0.15, 0.2) is 17.2 Å². The Bertz CT molecular complexity index is 3390. The highest BCUT2D eigenvalue weighted by atomic mass is 19.1. The van der Waals surface area contributed by atoms with Gasteiger partial charge in [-0.15, -0.1) is 0 Å². The van der Waals surface area contributed by atoms with Crippen LogP contribution in [0, 0.1) is 17.6 Å². The molecule has 2 fully saturated rings. The topological polar surface area (TPSA) is 199 Å². The maximum absolute atomic E-state index is 15.0. The first-order chi connectivity index (χ1) is 38.7. The Labute approximate surface area is 462 Å². The number of ether oxygens (including phenoxy) is 6. The van der Waals surface area contributed by atoms with Crippen molar-refractivity contribution in [2.75, 3.05) is 77.6 Å². The summed E-state index contributed by atoms with van der Waals surface area (Å²) in [4.78, 5) is 46.1. The smallest absolute Gasteiger partial charge is 0.350 e. The molecule has 0 unspecified atom stereocenters. The van der Waals surface area contributed by atoms with Gasteiger partial charge in [-0.3, -0.25) is 9.59 Å². The maximum Gasteiger partial charge on any atom is 0.350 e. The number of aliphatic hydroxyl groups is 1. The van der Waals surface area contributed by atoms with E-state index in [-0.39, 0.29) is 47.3 Å². The molecule has 2 aliphatic heterocycles. The highest BCUT2D eigenvalue weighted by Crippen LogP contribution is 2.50. The van der Waals surface area contributed by atoms with Crippen molar-refractivity contribution in [3.63, 3.8) is 0 Å². The van der Waals surface area contributed by atoms with Crippen LogP contribution in [0.2, 0.25) is 0 Å². The predicted molar refractivity (Wildman–Crippen MR) is 297 cm³/mol. The van der Waals surface area contributed by atoms with Crippen LogP contribution in [-0.2, 0) is 28.1 Å². The van der Waals surface area contributed by atoms with E-state index in [2.05, 4.69) is 42.4 Å². The molecule has 0 saturated carbocycles. The van der Waals surface area contributed by atoms with Gasteiger partial charge in [0.05, 0.1) is 72.1 Å². The standard InChI is InChI=1S/C37H42F2N8O4.C22H25NO6/c1-3-35(26(2)48)47-36(49)46(25-42-47)31-7-5-29(6-8-31)43-14-16-44(17-15-43)30-9-11-32(12-10-30)50-20-27-19-37(51-21-27,22-45-24-40-23-41-45)33-13-4-28(38)18-34(33)39;1-12(24)23-16-8-6-13-10-19(27-3)21(28-4)22(29-5)20(13)14-7-9-18(26-2)17(25)11-15(14)16/h4-13,18,23-27,35,48H,3,14-17,19-22H2,1-2H3;7,9-11,16H,6,8H2,1-5H3,(H,23,24)/t26-,27+,35-,37-;16-/m00/s1. The first kappa shape index (κ1) is 56.4. The van der Waals surface area contributed by atoms with Gasteiger partial charge in [0.25, 0.3) is 0 Å². The van der Waals surface area contributed by atoms with Gasteiger partial charge >= 0.3 is 5.69 Å². The Morgan fingerprint density at radius 2 is 1.50 bits per heavy atom. The molecule has 0 bridgehead atoms. The van der Waals surface area contributed by atoms with Crippen LogP contribution in [0.15, 0.2) is 120 Å². The molecule has 0 spiro atoms. The van der Waals surface area contributed by atoms with E-state index >= 15 is 0 Å². The van der Waals surface area contributed by atoms with E-state index < -0.39 is 23.3 Å². The lowest BCUT2D eigenvalue weighted by Crippen LogP contribution is -2.46. The van der Waals surface area contributed by atoms with E-state index in [0.29, 0.717) is 67.3 Å². The van der Waals surface area contributed by atoms with Crippen LogP contribution in [0.5, 0.6) is 28.7 Å². The number of carbonyl (C=O) groups is 1. The summed E-state index contributed by atoms with van der Waals surface area (Å²) in [5.74, 6) is 1.04. The number of aromatic nitrogens is 6. The summed E-state index contributed by atoms with van der Waals surface area (Å²) in [5, 5.41) is 21.5. The zero-order chi connectivity index (χ0) is 56.7. The second-order valence-corrected chi connectivity index (χ2v) is 20.1. The SMILES string of the molecule is CC[C@@H]([C@H](C)O)n1ncn(-c2ccc(N3CCN(c4ccc(OC[C@@H]5CO[C@@](Cn6cncn6)(c6ccc(F)cc6F)C5)cc4)CC3)cc2)c1=O.COc1cc2c(c(OC)c1OC)-c1ccc(OC)c(=O)cc1[C@@H](NC(C)=O)CC2. The fourth-order valence-corrected chi connectivity index (χ4v) is 11.1. The third kappa shape index (κ3) is 12.0. The summed E-state index contributed by atoms with van der Waals surface area (Å²) < 4.78 is 67.6. The fourth-order valence-electron chi connectivity index (χ4n) is 11.1. The number of carbonyl (C=O) groups excluding carboxylic acids is 1. The van der Waals surface area contributed by atoms with Gasteiger partial charge < -0.3 is 48.6 Å². The predicted octanol–water partition coefficient (Wildman–Crippen LogP) is 7.44. The van der Waals surface area contributed by atoms with Crippen molar-refractivity contribution >= 4 is 17.3 Å². The molecule has 1 aliphatic carbocycles. The molecule has 422 valence electrons. The lowest BCUT2D eigenvalue weighted by molar-refractivity contribution is -0.119. The molecule has 2 saturated heterocycles. The minimum absolute atomic E-state index is 0.0121. The van der Waals surface area contributed by atoms with E-state index in [4.69, 9.17) is 28.4 Å². The van der Waals surface area contributed by atoms with Crippen LogP contribution in [0.3, 0.4) is 0 Å².